The topological polar surface area (TPSA) is 88.5 Å². The van der Waals surface area contributed by atoms with Crippen LogP contribution in [0.25, 0.3) is 0 Å². The fraction of sp³-hybridized carbons (Fsp3) is 0.273. The number of amides is 1. The van der Waals surface area contributed by atoms with Crippen LogP contribution < -0.4 is 5.32 Å². The molecule has 7 nitrogen and oxygen atoms in total. The SMILES string of the molecule is CCn1nccc1C(=O)Nc1c(C#N)cnn1C. The van der Waals surface area contributed by atoms with Gasteiger partial charge in [0.2, 0.25) is 0 Å². The minimum Gasteiger partial charge on any atom is -0.304 e. The summed E-state index contributed by atoms with van der Waals surface area (Å²) in [4.78, 5) is 12.1. The Kier molecular flexibility index (Phi) is 3.10. The highest BCUT2D eigenvalue weighted by molar-refractivity contribution is 6.03. The summed E-state index contributed by atoms with van der Waals surface area (Å²) in [6.07, 6.45) is 2.97. The van der Waals surface area contributed by atoms with Gasteiger partial charge in [0.1, 0.15) is 23.1 Å². The molecule has 0 spiro atoms. The van der Waals surface area contributed by atoms with Crippen molar-refractivity contribution in [1.82, 2.24) is 19.6 Å². The van der Waals surface area contributed by atoms with Gasteiger partial charge in [0.05, 0.1) is 6.20 Å². The van der Waals surface area contributed by atoms with Gasteiger partial charge in [-0.25, -0.2) is 0 Å². The molecule has 0 aromatic carbocycles. The van der Waals surface area contributed by atoms with Crippen LogP contribution in [-0.4, -0.2) is 25.5 Å². The fourth-order valence-electron chi connectivity index (χ4n) is 1.62. The van der Waals surface area contributed by atoms with Crippen LogP contribution in [0.4, 0.5) is 5.82 Å². The average Bonchev–Trinajstić information content (AvgIpc) is 2.97. The maximum absolute atomic E-state index is 12.1. The van der Waals surface area contributed by atoms with Gasteiger partial charge in [0.25, 0.3) is 5.91 Å². The van der Waals surface area contributed by atoms with Crippen LogP contribution in [0.3, 0.4) is 0 Å². The number of carbonyl (C=O) groups excluding carboxylic acids is 1. The lowest BCUT2D eigenvalue weighted by molar-refractivity contribution is 0.101. The Morgan fingerprint density at radius 2 is 2.33 bits per heavy atom. The summed E-state index contributed by atoms with van der Waals surface area (Å²) in [5.41, 5.74) is 0.774. The van der Waals surface area contributed by atoms with Gasteiger partial charge in [0, 0.05) is 19.8 Å². The molecule has 0 radical (unpaired) electrons. The maximum Gasteiger partial charge on any atom is 0.275 e. The minimum absolute atomic E-state index is 0.311. The second-order valence-corrected chi connectivity index (χ2v) is 3.63. The van der Waals surface area contributed by atoms with Crippen molar-refractivity contribution in [1.29, 1.82) is 5.26 Å². The highest BCUT2D eigenvalue weighted by Crippen LogP contribution is 2.13. The number of nitrogens with one attached hydrogen (secondary N) is 1. The Hall–Kier alpha value is -2.62. The van der Waals surface area contributed by atoms with Gasteiger partial charge in [-0.15, -0.1) is 0 Å². The maximum atomic E-state index is 12.1. The van der Waals surface area contributed by atoms with Crippen molar-refractivity contribution in [2.75, 3.05) is 5.32 Å². The number of nitrogens with zero attached hydrogens (tertiary/aromatic N) is 5. The zero-order valence-electron chi connectivity index (χ0n) is 10.1. The molecule has 0 fully saturated rings. The molecule has 1 amide bonds. The molecule has 18 heavy (non-hydrogen) atoms. The molecule has 1 N–H and O–H groups in total. The van der Waals surface area contributed by atoms with E-state index < -0.39 is 0 Å². The lowest BCUT2D eigenvalue weighted by Gasteiger charge is -2.07. The monoisotopic (exact) mass is 244 g/mol. The number of aryl methyl sites for hydroxylation is 2. The van der Waals surface area contributed by atoms with E-state index in [1.165, 1.54) is 10.9 Å². The summed E-state index contributed by atoms with van der Waals surface area (Å²) >= 11 is 0. The fourth-order valence-corrected chi connectivity index (χ4v) is 1.62. The molecule has 2 heterocycles. The number of aromatic nitrogens is 4. The summed E-state index contributed by atoms with van der Waals surface area (Å²) in [5, 5.41) is 19.5. The van der Waals surface area contributed by atoms with Crippen LogP contribution in [0, 0.1) is 11.3 Å². The van der Waals surface area contributed by atoms with Gasteiger partial charge >= 0.3 is 0 Å². The predicted molar refractivity (Wildman–Crippen MR) is 63.8 cm³/mol. The number of rotatable bonds is 3. The van der Waals surface area contributed by atoms with Gasteiger partial charge in [-0.3, -0.25) is 14.2 Å². The van der Waals surface area contributed by atoms with Crippen molar-refractivity contribution < 1.29 is 4.79 Å². The van der Waals surface area contributed by atoms with Gasteiger partial charge in [-0.1, -0.05) is 0 Å². The molecule has 0 bridgehead atoms. The first-order valence-electron chi connectivity index (χ1n) is 5.42. The number of carbonyl (C=O) groups is 1. The number of anilines is 1. The largest absolute Gasteiger partial charge is 0.304 e. The summed E-state index contributed by atoms with van der Waals surface area (Å²) in [6, 6.07) is 3.60. The molecule has 0 saturated carbocycles. The third kappa shape index (κ3) is 1.96. The minimum atomic E-state index is -0.311. The van der Waals surface area contributed by atoms with E-state index >= 15 is 0 Å². The molecular formula is C11H12N6O. The van der Waals surface area contributed by atoms with E-state index in [-0.39, 0.29) is 5.91 Å². The quantitative estimate of drug-likeness (QED) is 0.863. The lowest BCUT2D eigenvalue weighted by Crippen LogP contribution is -2.19. The van der Waals surface area contributed by atoms with Crippen LogP contribution in [-0.2, 0) is 13.6 Å². The number of hydrogen-bond acceptors (Lipinski definition) is 4. The first-order chi connectivity index (χ1) is 8.67. The summed E-state index contributed by atoms with van der Waals surface area (Å²) in [7, 11) is 1.66. The average molecular weight is 244 g/mol. The highest BCUT2D eigenvalue weighted by Gasteiger charge is 2.15. The van der Waals surface area contributed by atoms with Gasteiger partial charge in [-0.05, 0) is 13.0 Å². The van der Waals surface area contributed by atoms with Crippen molar-refractivity contribution in [2.24, 2.45) is 7.05 Å². The van der Waals surface area contributed by atoms with Crippen LogP contribution in [0.5, 0.6) is 0 Å². The van der Waals surface area contributed by atoms with E-state index in [0.717, 1.165) is 0 Å². The second-order valence-electron chi connectivity index (χ2n) is 3.63. The number of nitriles is 1. The Morgan fingerprint density at radius 1 is 1.56 bits per heavy atom. The Morgan fingerprint density at radius 3 is 3.00 bits per heavy atom. The first-order valence-corrected chi connectivity index (χ1v) is 5.42. The molecule has 0 aliphatic carbocycles. The standard InChI is InChI=1S/C11H12N6O/c1-3-17-9(4-5-13-17)11(18)15-10-8(6-12)7-14-16(10)2/h4-5,7H,3H2,1-2H3,(H,15,18). The van der Waals surface area contributed by atoms with Crippen molar-refractivity contribution in [2.45, 2.75) is 13.5 Å². The van der Waals surface area contributed by atoms with Crippen molar-refractivity contribution in [3.8, 4) is 6.07 Å². The number of hydrogen-bond donors (Lipinski definition) is 1. The van der Waals surface area contributed by atoms with Crippen LogP contribution in [0.1, 0.15) is 23.0 Å². The Balaban J connectivity index is 2.27. The van der Waals surface area contributed by atoms with Gasteiger partial charge < -0.3 is 5.32 Å². The molecule has 2 aromatic rings. The molecule has 0 saturated heterocycles. The molecule has 0 unspecified atom stereocenters. The molecule has 2 aromatic heterocycles. The first kappa shape index (κ1) is 11.9. The molecular weight excluding hydrogens is 232 g/mol. The second kappa shape index (κ2) is 4.71. The molecule has 7 heteroatoms. The molecule has 0 aliphatic rings. The zero-order valence-corrected chi connectivity index (χ0v) is 10.1. The Labute approximate surface area is 104 Å². The summed E-state index contributed by atoms with van der Waals surface area (Å²) < 4.78 is 3.03. The molecule has 0 aliphatic heterocycles. The van der Waals surface area contributed by atoms with E-state index in [1.54, 1.807) is 24.0 Å². The van der Waals surface area contributed by atoms with E-state index in [0.29, 0.717) is 23.6 Å². The highest BCUT2D eigenvalue weighted by atomic mass is 16.2. The summed E-state index contributed by atoms with van der Waals surface area (Å²) in [6.45, 7) is 2.50. The zero-order chi connectivity index (χ0) is 13.1. The molecule has 2 rings (SSSR count). The van der Waals surface area contributed by atoms with E-state index in [9.17, 15) is 4.79 Å². The smallest absolute Gasteiger partial charge is 0.275 e. The van der Waals surface area contributed by atoms with Crippen LogP contribution in [0.2, 0.25) is 0 Å². The van der Waals surface area contributed by atoms with Crippen molar-refractivity contribution >= 4 is 11.7 Å². The van der Waals surface area contributed by atoms with Crippen LogP contribution >= 0.6 is 0 Å². The normalized spacial score (nSPS) is 10.1. The van der Waals surface area contributed by atoms with Crippen molar-refractivity contribution in [3.63, 3.8) is 0 Å². The molecule has 0 atom stereocenters. The summed E-state index contributed by atoms with van der Waals surface area (Å²) in [5.74, 6) is 0.0702. The van der Waals surface area contributed by atoms with E-state index in [4.69, 9.17) is 5.26 Å². The predicted octanol–water partition coefficient (Wildman–Crippen LogP) is 0.760. The van der Waals surface area contributed by atoms with Crippen molar-refractivity contribution in [3.05, 3.63) is 29.7 Å². The van der Waals surface area contributed by atoms with Crippen LogP contribution in [0.15, 0.2) is 18.5 Å². The van der Waals surface area contributed by atoms with E-state index in [1.807, 2.05) is 13.0 Å². The van der Waals surface area contributed by atoms with Gasteiger partial charge in [-0.2, -0.15) is 15.5 Å². The van der Waals surface area contributed by atoms with E-state index in [2.05, 4.69) is 15.5 Å². The third-order valence-corrected chi connectivity index (χ3v) is 2.54. The lowest BCUT2D eigenvalue weighted by atomic mass is 10.3. The third-order valence-electron chi connectivity index (χ3n) is 2.54. The van der Waals surface area contributed by atoms with Gasteiger partial charge in [0.15, 0.2) is 0 Å². The molecule has 92 valence electrons. The Bertz CT molecular complexity index is 618.